The van der Waals surface area contributed by atoms with Crippen LogP contribution in [-0.2, 0) is 9.53 Å². The molecule has 1 heterocycles. The fourth-order valence-electron chi connectivity index (χ4n) is 3.19. The van der Waals surface area contributed by atoms with E-state index < -0.39 is 0 Å². The first-order chi connectivity index (χ1) is 13.1. The Morgan fingerprint density at radius 1 is 1.07 bits per heavy atom. The minimum absolute atomic E-state index is 0.0378. The third-order valence-electron chi connectivity index (χ3n) is 4.71. The number of hydrogen-bond donors (Lipinski definition) is 0. The Bertz CT molecular complexity index is 825. The van der Waals surface area contributed by atoms with Crippen LogP contribution in [0.4, 0.5) is 4.39 Å². The Kier molecular flexibility index (Phi) is 6.19. The third-order valence-corrected chi connectivity index (χ3v) is 4.71. The van der Waals surface area contributed by atoms with Crippen molar-refractivity contribution in [3.63, 3.8) is 0 Å². The van der Waals surface area contributed by atoms with Crippen LogP contribution in [0.15, 0.2) is 48.5 Å². The molecule has 0 N–H and O–H groups in total. The summed E-state index contributed by atoms with van der Waals surface area (Å²) < 4.78 is 18.5. The molecule has 0 radical (unpaired) electrons. The number of methoxy groups -OCH3 is 1. The Labute approximate surface area is 158 Å². The highest BCUT2D eigenvalue weighted by Gasteiger charge is 2.24. The van der Waals surface area contributed by atoms with Gasteiger partial charge in [-0.15, -0.1) is 0 Å². The second kappa shape index (κ2) is 8.77. The van der Waals surface area contributed by atoms with Gasteiger partial charge in [0.2, 0.25) is 5.91 Å². The minimum Gasteiger partial charge on any atom is -0.383 e. The molecule has 2 aromatic carbocycles. The summed E-state index contributed by atoms with van der Waals surface area (Å²) in [6.45, 7) is 2.39. The van der Waals surface area contributed by atoms with Crippen LogP contribution >= 0.6 is 0 Å². The van der Waals surface area contributed by atoms with Crippen molar-refractivity contribution in [1.29, 1.82) is 0 Å². The maximum absolute atomic E-state index is 13.5. The third kappa shape index (κ3) is 4.71. The van der Waals surface area contributed by atoms with Crippen molar-refractivity contribution in [2.45, 2.75) is 6.42 Å². The van der Waals surface area contributed by atoms with Crippen molar-refractivity contribution < 1.29 is 18.7 Å². The number of halogens is 1. The lowest BCUT2D eigenvalue weighted by Gasteiger charge is -2.22. The Morgan fingerprint density at radius 2 is 1.81 bits per heavy atom. The summed E-state index contributed by atoms with van der Waals surface area (Å²) in [5, 5.41) is 0. The molecule has 6 heteroatoms. The topological polar surface area (TPSA) is 49.9 Å². The van der Waals surface area contributed by atoms with Crippen LogP contribution in [0.2, 0.25) is 0 Å². The highest BCUT2D eigenvalue weighted by atomic mass is 19.1. The van der Waals surface area contributed by atoms with Gasteiger partial charge < -0.3 is 14.5 Å². The molecule has 2 aromatic rings. The average Bonchev–Trinajstić information content (AvgIpc) is 2.87. The highest BCUT2D eigenvalue weighted by Crippen LogP contribution is 2.22. The maximum Gasteiger partial charge on any atom is 0.253 e. The molecule has 1 aliphatic rings. The van der Waals surface area contributed by atoms with Crippen LogP contribution < -0.4 is 0 Å². The van der Waals surface area contributed by atoms with E-state index in [0.29, 0.717) is 44.8 Å². The van der Waals surface area contributed by atoms with E-state index in [-0.39, 0.29) is 17.6 Å². The lowest BCUT2D eigenvalue weighted by Crippen LogP contribution is -2.37. The first-order valence-corrected chi connectivity index (χ1v) is 9.00. The van der Waals surface area contributed by atoms with Crippen molar-refractivity contribution in [2.24, 2.45) is 0 Å². The number of benzene rings is 2. The molecule has 0 aliphatic carbocycles. The molecule has 0 saturated carbocycles. The van der Waals surface area contributed by atoms with E-state index in [0.717, 1.165) is 11.1 Å². The Balaban J connectivity index is 1.74. The first-order valence-electron chi connectivity index (χ1n) is 9.00. The standard InChI is InChI=1S/C21H23FN2O3/c1-27-13-12-23-10-11-24(9-8-20(23)25)21(26)18-6-2-4-16(14-18)17-5-3-7-19(22)15-17/h2-7,14-15H,8-13H2,1H3. The number of carbonyl (C=O) groups is 2. The second-order valence-electron chi connectivity index (χ2n) is 6.51. The van der Waals surface area contributed by atoms with E-state index >= 15 is 0 Å². The molecular formula is C21H23FN2O3. The van der Waals surface area contributed by atoms with Crippen molar-refractivity contribution in [3.05, 3.63) is 59.9 Å². The van der Waals surface area contributed by atoms with Gasteiger partial charge in [0.1, 0.15) is 5.82 Å². The number of hydrogen-bond acceptors (Lipinski definition) is 3. The molecule has 0 spiro atoms. The van der Waals surface area contributed by atoms with Crippen molar-refractivity contribution in [2.75, 3.05) is 39.9 Å². The largest absolute Gasteiger partial charge is 0.383 e. The normalized spacial score (nSPS) is 15.0. The zero-order valence-corrected chi connectivity index (χ0v) is 15.4. The van der Waals surface area contributed by atoms with E-state index in [4.69, 9.17) is 4.74 Å². The number of ether oxygens (including phenoxy) is 1. The van der Waals surface area contributed by atoms with Crippen LogP contribution in [0.5, 0.6) is 0 Å². The number of nitrogens with zero attached hydrogens (tertiary/aromatic N) is 2. The summed E-state index contributed by atoms with van der Waals surface area (Å²) >= 11 is 0. The van der Waals surface area contributed by atoms with Crippen LogP contribution in [-0.4, -0.2) is 61.5 Å². The molecule has 1 saturated heterocycles. The predicted octanol–water partition coefficient (Wildman–Crippen LogP) is 2.81. The highest BCUT2D eigenvalue weighted by molar-refractivity contribution is 5.96. The number of amides is 2. The smallest absolute Gasteiger partial charge is 0.253 e. The molecule has 0 atom stereocenters. The predicted molar refractivity (Wildman–Crippen MR) is 101 cm³/mol. The minimum atomic E-state index is -0.314. The van der Waals surface area contributed by atoms with E-state index in [1.165, 1.54) is 12.1 Å². The van der Waals surface area contributed by atoms with Gasteiger partial charge in [-0.3, -0.25) is 9.59 Å². The molecule has 27 heavy (non-hydrogen) atoms. The summed E-state index contributed by atoms with van der Waals surface area (Å²) in [7, 11) is 1.60. The summed E-state index contributed by atoms with van der Waals surface area (Å²) in [5.74, 6) is -0.392. The zero-order valence-electron chi connectivity index (χ0n) is 15.4. The van der Waals surface area contributed by atoms with E-state index in [1.54, 1.807) is 41.2 Å². The molecule has 5 nitrogen and oxygen atoms in total. The fraction of sp³-hybridized carbons (Fsp3) is 0.333. The summed E-state index contributed by atoms with van der Waals surface area (Å²) in [5.41, 5.74) is 2.05. The molecular weight excluding hydrogens is 347 g/mol. The Hall–Kier alpha value is -2.73. The monoisotopic (exact) mass is 370 g/mol. The average molecular weight is 370 g/mol. The van der Waals surface area contributed by atoms with Crippen molar-refractivity contribution in [3.8, 4) is 11.1 Å². The molecule has 0 unspecified atom stereocenters. The first kappa shape index (κ1) is 19.0. The van der Waals surface area contributed by atoms with E-state index in [2.05, 4.69) is 0 Å². The lowest BCUT2D eigenvalue weighted by atomic mass is 10.0. The van der Waals surface area contributed by atoms with E-state index in [9.17, 15) is 14.0 Å². The summed E-state index contributed by atoms with van der Waals surface area (Å²) in [6.07, 6.45) is 0.305. The van der Waals surface area contributed by atoms with Crippen LogP contribution in [0.25, 0.3) is 11.1 Å². The van der Waals surface area contributed by atoms with Gasteiger partial charge in [-0.2, -0.15) is 0 Å². The van der Waals surface area contributed by atoms with Crippen molar-refractivity contribution in [1.82, 2.24) is 9.80 Å². The Morgan fingerprint density at radius 3 is 2.56 bits per heavy atom. The molecule has 0 aromatic heterocycles. The van der Waals surface area contributed by atoms with Crippen molar-refractivity contribution >= 4 is 11.8 Å². The molecule has 2 amide bonds. The quantitative estimate of drug-likeness (QED) is 0.813. The van der Waals surface area contributed by atoms with Gasteiger partial charge in [-0.25, -0.2) is 4.39 Å². The molecule has 3 rings (SSSR count). The van der Waals surface area contributed by atoms with Crippen LogP contribution in [0, 0.1) is 5.82 Å². The molecule has 0 bridgehead atoms. The number of rotatable bonds is 5. The lowest BCUT2D eigenvalue weighted by molar-refractivity contribution is -0.130. The van der Waals surface area contributed by atoms with Gasteiger partial charge in [-0.1, -0.05) is 24.3 Å². The van der Waals surface area contributed by atoms with Gasteiger partial charge in [0.15, 0.2) is 0 Å². The molecule has 1 fully saturated rings. The van der Waals surface area contributed by atoms with Crippen LogP contribution in [0.3, 0.4) is 0 Å². The molecule has 142 valence electrons. The summed E-state index contributed by atoms with van der Waals surface area (Å²) in [6, 6.07) is 13.5. The zero-order chi connectivity index (χ0) is 19.2. The second-order valence-corrected chi connectivity index (χ2v) is 6.51. The fourth-order valence-corrected chi connectivity index (χ4v) is 3.19. The molecule has 1 aliphatic heterocycles. The van der Waals surface area contributed by atoms with Gasteiger partial charge in [0.25, 0.3) is 5.91 Å². The van der Waals surface area contributed by atoms with Gasteiger partial charge in [-0.05, 0) is 35.4 Å². The SMILES string of the molecule is COCCN1CCN(C(=O)c2cccc(-c3cccc(F)c3)c2)CCC1=O. The van der Waals surface area contributed by atoms with Gasteiger partial charge in [0, 0.05) is 45.3 Å². The van der Waals surface area contributed by atoms with E-state index in [1.807, 2.05) is 12.1 Å². The number of carbonyl (C=O) groups excluding carboxylic acids is 2. The van der Waals surface area contributed by atoms with Gasteiger partial charge >= 0.3 is 0 Å². The van der Waals surface area contributed by atoms with Crippen LogP contribution in [0.1, 0.15) is 16.8 Å². The summed E-state index contributed by atoms with van der Waals surface area (Å²) in [4.78, 5) is 28.6. The maximum atomic E-state index is 13.5. The van der Waals surface area contributed by atoms with Gasteiger partial charge in [0.05, 0.1) is 6.61 Å².